The summed E-state index contributed by atoms with van der Waals surface area (Å²) in [5.41, 5.74) is 1.62. The SMILES string of the molecule is COc1cc(C(C)C)cc2c1OCC(=O)N2CCF. The first-order valence-corrected chi connectivity index (χ1v) is 6.29. The largest absolute Gasteiger partial charge is 0.493 e. The van der Waals surface area contributed by atoms with E-state index in [1.165, 1.54) is 4.90 Å². The minimum absolute atomic E-state index is 0.0416. The average Bonchev–Trinajstić information content (AvgIpc) is 2.40. The van der Waals surface area contributed by atoms with Crippen molar-refractivity contribution in [1.82, 2.24) is 0 Å². The molecule has 0 unspecified atom stereocenters. The van der Waals surface area contributed by atoms with Crippen LogP contribution in [0.5, 0.6) is 11.5 Å². The van der Waals surface area contributed by atoms with Crippen molar-refractivity contribution in [3.63, 3.8) is 0 Å². The molecule has 0 aromatic heterocycles. The number of anilines is 1. The molecule has 2 rings (SSSR count). The van der Waals surface area contributed by atoms with Gasteiger partial charge in [0.25, 0.3) is 5.91 Å². The molecule has 5 heteroatoms. The Morgan fingerprint density at radius 3 is 2.79 bits per heavy atom. The maximum Gasteiger partial charge on any atom is 0.265 e. The van der Waals surface area contributed by atoms with Gasteiger partial charge in [0.2, 0.25) is 0 Å². The molecule has 19 heavy (non-hydrogen) atoms. The lowest BCUT2D eigenvalue weighted by Gasteiger charge is -2.30. The number of carbonyl (C=O) groups excluding carboxylic acids is 1. The zero-order chi connectivity index (χ0) is 14.0. The number of benzene rings is 1. The Morgan fingerprint density at radius 2 is 2.21 bits per heavy atom. The molecule has 1 aromatic carbocycles. The van der Waals surface area contributed by atoms with Crippen molar-refractivity contribution in [2.24, 2.45) is 0 Å². The summed E-state index contributed by atoms with van der Waals surface area (Å²) in [5, 5.41) is 0. The van der Waals surface area contributed by atoms with Crippen LogP contribution in [0.15, 0.2) is 12.1 Å². The molecule has 0 fully saturated rings. The second kappa shape index (κ2) is 5.47. The quantitative estimate of drug-likeness (QED) is 0.841. The predicted octanol–water partition coefficient (Wildman–Crippen LogP) is 2.51. The highest BCUT2D eigenvalue weighted by Gasteiger charge is 2.28. The van der Waals surface area contributed by atoms with Crippen LogP contribution >= 0.6 is 0 Å². The van der Waals surface area contributed by atoms with Gasteiger partial charge < -0.3 is 14.4 Å². The van der Waals surface area contributed by atoms with E-state index in [1.54, 1.807) is 7.11 Å². The van der Waals surface area contributed by atoms with Crippen molar-refractivity contribution < 1.29 is 18.7 Å². The van der Waals surface area contributed by atoms with E-state index in [0.29, 0.717) is 17.2 Å². The molecule has 0 bridgehead atoms. The van der Waals surface area contributed by atoms with E-state index in [4.69, 9.17) is 9.47 Å². The van der Waals surface area contributed by atoms with Crippen molar-refractivity contribution in [1.29, 1.82) is 0 Å². The molecule has 0 spiro atoms. The standard InChI is InChI=1S/C14H18FNO3/c1-9(2)10-6-11-14(12(7-10)18-3)19-8-13(17)16(11)5-4-15/h6-7,9H,4-5,8H2,1-3H3. The Balaban J connectivity index is 2.54. The Bertz CT molecular complexity index is 488. The second-order valence-electron chi connectivity index (χ2n) is 4.75. The molecule has 0 N–H and O–H groups in total. The highest BCUT2D eigenvalue weighted by atomic mass is 19.1. The van der Waals surface area contributed by atoms with Crippen molar-refractivity contribution in [2.75, 3.05) is 31.8 Å². The normalized spacial score (nSPS) is 14.4. The van der Waals surface area contributed by atoms with Crippen LogP contribution in [-0.2, 0) is 4.79 Å². The first kappa shape index (κ1) is 13.6. The number of halogens is 1. The second-order valence-corrected chi connectivity index (χ2v) is 4.75. The fourth-order valence-corrected chi connectivity index (χ4v) is 2.11. The molecule has 0 saturated carbocycles. The van der Waals surface area contributed by atoms with Gasteiger partial charge in [-0.1, -0.05) is 13.8 Å². The Labute approximate surface area is 112 Å². The van der Waals surface area contributed by atoms with Crippen LogP contribution in [0.3, 0.4) is 0 Å². The number of ether oxygens (including phenoxy) is 2. The van der Waals surface area contributed by atoms with Crippen molar-refractivity contribution >= 4 is 11.6 Å². The van der Waals surface area contributed by atoms with Gasteiger partial charge in [-0.25, -0.2) is 4.39 Å². The number of methoxy groups -OCH3 is 1. The topological polar surface area (TPSA) is 38.8 Å². The van der Waals surface area contributed by atoms with Gasteiger partial charge in [-0.05, 0) is 23.6 Å². The van der Waals surface area contributed by atoms with E-state index in [-0.39, 0.29) is 25.0 Å². The third kappa shape index (κ3) is 2.50. The molecule has 1 amide bonds. The lowest BCUT2D eigenvalue weighted by Crippen LogP contribution is -2.40. The fourth-order valence-electron chi connectivity index (χ4n) is 2.11. The first-order valence-electron chi connectivity index (χ1n) is 6.29. The molecule has 4 nitrogen and oxygen atoms in total. The van der Waals surface area contributed by atoms with Crippen LogP contribution in [0.4, 0.5) is 10.1 Å². The van der Waals surface area contributed by atoms with E-state index in [0.717, 1.165) is 5.56 Å². The van der Waals surface area contributed by atoms with Gasteiger partial charge in [0.05, 0.1) is 19.3 Å². The van der Waals surface area contributed by atoms with Crippen LogP contribution in [0.1, 0.15) is 25.3 Å². The molecule has 0 aliphatic carbocycles. The highest BCUT2D eigenvalue weighted by molar-refractivity contribution is 5.98. The van der Waals surface area contributed by atoms with Crippen LogP contribution < -0.4 is 14.4 Å². The van der Waals surface area contributed by atoms with E-state index < -0.39 is 6.67 Å². The Morgan fingerprint density at radius 1 is 1.47 bits per heavy atom. The van der Waals surface area contributed by atoms with Gasteiger partial charge in [-0.15, -0.1) is 0 Å². The van der Waals surface area contributed by atoms with Gasteiger partial charge in [-0.3, -0.25) is 4.79 Å². The molecule has 104 valence electrons. The number of amides is 1. The summed E-state index contributed by atoms with van der Waals surface area (Å²) in [5.74, 6) is 1.15. The molecule has 0 atom stereocenters. The van der Waals surface area contributed by atoms with E-state index in [9.17, 15) is 9.18 Å². The third-order valence-electron chi connectivity index (χ3n) is 3.18. The maximum absolute atomic E-state index is 12.6. The summed E-state index contributed by atoms with van der Waals surface area (Å²) in [7, 11) is 1.55. The highest BCUT2D eigenvalue weighted by Crippen LogP contribution is 2.42. The van der Waals surface area contributed by atoms with Crippen LogP contribution in [0.2, 0.25) is 0 Å². The zero-order valence-corrected chi connectivity index (χ0v) is 11.4. The summed E-state index contributed by atoms with van der Waals surface area (Å²) in [6, 6.07) is 3.77. The summed E-state index contributed by atoms with van der Waals surface area (Å²) in [4.78, 5) is 13.2. The average molecular weight is 267 g/mol. The van der Waals surface area contributed by atoms with E-state index >= 15 is 0 Å². The molecule has 1 heterocycles. The van der Waals surface area contributed by atoms with Gasteiger partial charge in [0.1, 0.15) is 6.67 Å². The molecule has 1 aliphatic heterocycles. The number of hydrogen-bond donors (Lipinski definition) is 0. The van der Waals surface area contributed by atoms with Crippen LogP contribution in [-0.4, -0.2) is 32.8 Å². The summed E-state index contributed by atoms with van der Waals surface area (Å²) >= 11 is 0. The molecular weight excluding hydrogens is 249 g/mol. The first-order chi connectivity index (χ1) is 9.08. The summed E-state index contributed by atoms with van der Waals surface area (Å²) in [6.45, 7) is 3.47. The number of nitrogens with zero attached hydrogens (tertiary/aromatic N) is 1. The Kier molecular flexibility index (Phi) is 3.93. The summed E-state index contributed by atoms with van der Waals surface area (Å²) < 4.78 is 23.4. The predicted molar refractivity (Wildman–Crippen MR) is 70.9 cm³/mol. The number of carbonyl (C=O) groups is 1. The van der Waals surface area contributed by atoms with Crippen molar-refractivity contribution in [3.8, 4) is 11.5 Å². The molecule has 0 radical (unpaired) electrons. The van der Waals surface area contributed by atoms with E-state index in [2.05, 4.69) is 0 Å². The zero-order valence-electron chi connectivity index (χ0n) is 11.4. The molecular formula is C14H18FNO3. The summed E-state index contributed by atoms with van der Waals surface area (Å²) in [6.07, 6.45) is 0. The minimum atomic E-state index is -0.584. The smallest absolute Gasteiger partial charge is 0.265 e. The maximum atomic E-state index is 12.6. The molecule has 1 aliphatic rings. The molecule has 0 saturated heterocycles. The van der Waals surface area contributed by atoms with Crippen molar-refractivity contribution in [2.45, 2.75) is 19.8 Å². The lowest BCUT2D eigenvalue weighted by atomic mass is 10.0. The number of alkyl halides is 1. The monoisotopic (exact) mass is 267 g/mol. The lowest BCUT2D eigenvalue weighted by molar-refractivity contribution is -0.121. The third-order valence-corrected chi connectivity index (χ3v) is 3.18. The number of rotatable bonds is 4. The molecule has 1 aromatic rings. The minimum Gasteiger partial charge on any atom is -0.493 e. The number of fused-ring (bicyclic) bond motifs is 1. The van der Waals surface area contributed by atoms with Crippen molar-refractivity contribution in [3.05, 3.63) is 17.7 Å². The number of hydrogen-bond acceptors (Lipinski definition) is 3. The Hall–Kier alpha value is -1.78. The van der Waals surface area contributed by atoms with Crippen LogP contribution in [0.25, 0.3) is 0 Å². The van der Waals surface area contributed by atoms with E-state index in [1.807, 2.05) is 26.0 Å². The van der Waals surface area contributed by atoms with Gasteiger partial charge in [0, 0.05) is 0 Å². The van der Waals surface area contributed by atoms with Crippen LogP contribution in [0, 0.1) is 0 Å². The van der Waals surface area contributed by atoms with Gasteiger partial charge in [0.15, 0.2) is 18.1 Å². The van der Waals surface area contributed by atoms with Gasteiger partial charge >= 0.3 is 0 Å². The van der Waals surface area contributed by atoms with Gasteiger partial charge in [-0.2, -0.15) is 0 Å². The fraction of sp³-hybridized carbons (Fsp3) is 0.500.